The van der Waals surface area contributed by atoms with Crippen molar-refractivity contribution in [2.45, 2.75) is 76.6 Å². The Balaban J connectivity index is 1.54. The van der Waals surface area contributed by atoms with Crippen molar-refractivity contribution >= 4 is 17.6 Å². The molecule has 1 heterocycles. The van der Waals surface area contributed by atoms with Gasteiger partial charge in [0.05, 0.1) is 25.2 Å². The summed E-state index contributed by atoms with van der Waals surface area (Å²) in [6, 6.07) is 15.7. The van der Waals surface area contributed by atoms with Gasteiger partial charge >= 0.3 is 5.97 Å². The zero-order chi connectivity index (χ0) is 27.8. The highest BCUT2D eigenvalue weighted by Gasteiger charge is 2.40. The zero-order valence-corrected chi connectivity index (χ0v) is 22.6. The number of hydrogen-bond acceptors (Lipinski definition) is 6. The Hall–Kier alpha value is -3.04. The number of carbonyl (C=O) groups is 2. The van der Waals surface area contributed by atoms with E-state index >= 15 is 0 Å². The van der Waals surface area contributed by atoms with Gasteiger partial charge in [0.15, 0.2) is 6.29 Å². The van der Waals surface area contributed by atoms with Crippen LogP contribution in [0.3, 0.4) is 0 Å². The minimum Gasteiger partial charge on any atom is -0.481 e. The third kappa shape index (κ3) is 7.76. The fourth-order valence-electron chi connectivity index (χ4n) is 5.53. The van der Waals surface area contributed by atoms with Crippen LogP contribution in [0.2, 0.25) is 0 Å². The molecule has 4 atom stereocenters. The Morgan fingerprint density at radius 3 is 2.31 bits per heavy atom. The Bertz CT molecular complexity index is 1100. The van der Waals surface area contributed by atoms with Gasteiger partial charge in [0.25, 0.3) is 0 Å². The molecule has 8 heteroatoms. The molecule has 1 aliphatic carbocycles. The largest absolute Gasteiger partial charge is 0.481 e. The summed E-state index contributed by atoms with van der Waals surface area (Å²) in [5.41, 5.74) is 3.32. The van der Waals surface area contributed by atoms with Crippen molar-refractivity contribution < 1.29 is 29.3 Å². The van der Waals surface area contributed by atoms with Crippen molar-refractivity contribution in [1.29, 1.82) is 0 Å². The topological polar surface area (TPSA) is 108 Å². The van der Waals surface area contributed by atoms with Crippen LogP contribution in [-0.4, -0.2) is 52.2 Å². The molecule has 8 nitrogen and oxygen atoms in total. The maximum atomic E-state index is 12.0. The molecule has 0 radical (unpaired) electrons. The number of aliphatic hydroxyl groups excluding tert-OH is 1. The number of anilines is 1. The van der Waals surface area contributed by atoms with E-state index in [2.05, 4.69) is 23.7 Å². The van der Waals surface area contributed by atoms with E-state index in [1.807, 2.05) is 42.5 Å². The molecule has 1 amide bonds. The summed E-state index contributed by atoms with van der Waals surface area (Å²) in [7, 11) is 0. The van der Waals surface area contributed by atoms with Gasteiger partial charge in [-0.3, -0.25) is 14.5 Å². The van der Waals surface area contributed by atoms with Crippen LogP contribution in [0.4, 0.5) is 5.69 Å². The molecule has 2 fully saturated rings. The van der Waals surface area contributed by atoms with E-state index in [1.54, 1.807) is 12.1 Å². The summed E-state index contributed by atoms with van der Waals surface area (Å²) in [4.78, 5) is 25.3. The Kier molecular flexibility index (Phi) is 10.3. The molecule has 2 aliphatic rings. The maximum absolute atomic E-state index is 12.0. The summed E-state index contributed by atoms with van der Waals surface area (Å²) in [6.45, 7) is 7.74. The summed E-state index contributed by atoms with van der Waals surface area (Å²) < 4.78 is 13.2. The number of ether oxygens (including phenoxy) is 2. The molecule has 2 aromatic carbocycles. The van der Waals surface area contributed by atoms with Crippen LogP contribution >= 0.6 is 0 Å². The molecular formula is C31H40N2O6. The van der Waals surface area contributed by atoms with Crippen molar-refractivity contribution in [2.24, 2.45) is 5.92 Å². The SMILES string of the molecule is C=CCN(C[C@@H]1O[C@H](c2ccc(NC(=O)CCC(=O)O)cc2)O[C@H](c2ccc(CO)cc2)[C@@H]1C)C1CCCC1. The van der Waals surface area contributed by atoms with Crippen LogP contribution in [0.5, 0.6) is 0 Å². The molecule has 4 rings (SSSR count). The molecular weight excluding hydrogens is 496 g/mol. The van der Waals surface area contributed by atoms with Crippen LogP contribution < -0.4 is 5.32 Å². The number of carboxylic acids is 1. The van der Waals surface area contributed by atoms with Gasteiger partial charge < -0.3 is 25.0 Å². The Morgan fingerprint density at radius 2 is 1.69 bits per heavy atom. The third-order valence-electron chi connectivity index (χ3n) is 7.78. The standard InChI is InChI=1S/C31H40N2O6/c1-3-18-33(26-6-4-5-7-26)19-27-21(2)30(23-10-8-22(20-34)9-11-23)39-31(38-27)24-12-14-25(15-13-24)32-28(35)16-17-29(36)37/h3,8-15,21,26-27,30-31,34H,1,4-7,16-20H2,2H3,(H,32,35)(H,36,37)/t21-,27+,30+,31+/m1/s1. The van der Waals surface area contributed by atoms with Crippen molar-refractivity contribution in [3.8, 4) is 0 Å². The highest BCUT2D eigenvalue weighted by atomic mass is 16.7. The zero-order valence-electron chi connectivity index (χ0n) is 22.6. The summed E-state index contributed by atoms with van der Waals surface area (Å²) in [5, 5.41) is 21.0. The van der Waals surface area contributed by atoms with E-state index < -0.39 is 12.3 Å². The second-order valence-corrected chi connectivity index (χ2v) is 10.6. The lowest BCUT2D eigenvalue weighted by atomic mass is 9.89. The number of carboxylic acid groups (broad SMARTS) is 1. The molecule has 0 bridgehead atoms. The molecule has 1 aliphatic heterocycles. The number of carbonyl (C=O) groups excluding carboxylic acids is 1. The first-order chi connectivity index (χ1) is 18.9. The highest BCUT2D eigenvalue weighted by molar-refractivity contribution is 5.92. The quantitative estimate of drug-likeness (QED) is 0.320. The van der Waals surface area contributed by atoms with E-state index in [1.165, 1.54) is 25.7 Å². The summed E-state index contributed by atoms with van der Waals surface area (Å²) in [5.74, 6) is -1.26. The lowest BCUT2D eigenvalue weighted by Crippen LogP contribution is -2.47. The molecule has 2 aromatic rings. The van der Waals surface area contributed by atoms with Gasteiger partial charge in [-0.2, -0.15) is 0 Å². The number of hydrogen-bond donors (Lipinski definition) is 3. The Morgan fingerprint density at radius 1 is 1.03 bits per heavy atom. The van der Waals surface area contributed by atoms with Crippen molar-refractivity contribution in [2.75, 3.05) is 18.4 Å². The second kappa shape index (κ2) is 13.8. The molecule has 3 N–H and O–H groups in total. The van der Waals surface area contributed by atoms with Crippen LogP contribution in [0, 0.1) is 5.92 Å². The van der Waals surface area contributed by atoms with Crippen molar-refractivity contribution in [3.05, 3.63) is 77.9 Å². The molecule has 39 heavy (non-hydrogen) atoms. The van der Waals surface area contributed by atoms with Gasteiger partial charge in [-0.25, -0.2) is 0 Å². The van der Waals surface area contributed by atoms with E-state index in [-0.39, 0.29) is 43.5 Å². The molecule has 0 unspecified atom stereocenters. The first-order valence-corrected chi connectivity index (χ1v) is 13.8. The minimum absolute atomic E-state index is 0.00713. The molecule has 0 aromatic heterocycles. The van der Waals surface area contributed by atoms with Crippen LogP contribution in [0.1, 0.15) is 74.5 Å². The Labute approximate surface area is 230 Å². The molecule has 0 spiro atoms. The monoisotopic (exact) mass is 536 g/mol. The second-order valence-electron chi connectivity index (χ2n) is 10.6. The number of nitrogens with zero attached hydrogens (tertiary/aromatic N) is 1. The van der Waals surface area contributed by atoms with Crippen molar-refractivity contribution in [1.82, 2.24) is 4.90 Å². The van der Waals surface area contributed by atoms with Gasteiger partial charge in [0.1, 0.15) is 0 Å². The number of rotatable bonds is 12. The fraction of sp³-hybridized carbons (Fsp3) is 0.484. The molecule has 1 saturated heterocycles. The van der Waals surface area contributed by atoms with Gasteiger partial charge in [0, 0.05) is 42.7 Å². The predicted octanol–water partition coefficient (Wildman–Crippen LogP) is 5.20. The van der Waals surface area contributed by atoms with E-state index in [9.17, 15) is 14.7 Å². The summed E-state index contributed by atoms with van der Waals surface area (Å²) >= 11 is 0. The lowest BCUT2D eigenvalue weighted by Gasteiger charge is -2.43. The first-order valence-electron chi connectivity index (χ1n) is 13.8. The number of benzene rings is 2. The van der Waals surface area contributed by atoms with E-state index in [0.717, 1.165) is 29.8 Å². The third-order valence-corrected chi connectivity index (χ3v) is 7.78. The predicted molar refractivity (Wildman–Crippen MR) is 149 cm³/mol. The van der Waals surface area contributed by atoms with Crippen LogP contribution in [-0.2, 0) is 25.7 Å². The first kappa shape index (κ1) is 29.0. The number of aliphatic carboxylic acids is 1. The number of nitrogens with one attached hydrogen (secondary N) is 1. The van der Waals surface area contributed by atoms with Crippen LogP contribution in [0.25, 0.3) is 0 Å². The smallest absolute Gasteiger partial charge is 0.303 e. The molecule has 1 saturated carbocycles. The maximum Gasteiger partial charge on any atom is 0.303 e. The van der Waals surface area contributed by atoms with Gasteiger partial charge in [-0.1, -0.05) is 62.2 Å². The number of aliphatic hydroxyl groups is 1. The molecule has 210 valence electrons. The van der Waals surface area contributed by atoms with E-state index in [0.29, 0.717) is 11.7 Å². The minimum atomic E-state index is -1.00. The average Bonchev–Trinajstić information content (AvgIpc) is 3.48. The number of amides is 1. The van der Waals surface area contributed by atoms with Gasteiger partial charge in [-0.15, -0.1) is 6.58 Å². The fourth-order valence-corrected chi connectivity index (χ4v) is 5.53. The van der Waals surface area contributed by atoms with E-state index in [4.69, 9.17) is 14.6 Å². The van der Waals surface area contributed by atoms with Gasteiger partial charge in [-0.05, 0) is 36.1 Å². The highest BCUT2D eigenvalue weighted by Crippen LogP contribution is 2.42. The van der Waals surface area contributed by atoms with Crippen molar-refractivity contribution in [3.63, 3.8) is 0 Å². The van der Waals surface area contributed by atoms with Crippen LogP contribution in [0.15, 0.2) is 61.2 Å². The summed E-state index contributed by atoms with van der Waals surface area (Å²) in [6.07, 6.45) is 5.69. The normalized spacial score (nSPS) is 23.6. The van der Waals surface area contributed by atoms with Gasteiger partial charge in [0.2, 0.25) is 5.91 Å². The lowest BCUT2D eigenvalue weighted by molar-refractivity contribution is -0.276. The average molecular weight is 537 g/mol.